The van der Waals surface area contributed by atoms with Crippen LogP contribution in [0.15, 0.2) is 24.3 Å². The van der Waals surface area contributed by atoms with Crippen LogP contribution in [0.5, 0.6) is 5.75 Å². The number of hydrogen-bond acceptors (Lipinski definition) is 2. The van der Waals surface area contributed by atoms with Crippen LogP contribution >= 0.6 is 0 Å². The van der Waals surface area contributed by atoms with Gasteiger partial charge in [0.05, 0.1) is 6.61 Å². The molecule has 1 aromatic rings. The Morgan fingerprint density at radius 3 is 2.37 bits per heavy atom. The van der Waals surface area contributed by atoms with Crippen molar-refractivity contribution in [1.29, 1.82) is 0 Å². The largest absolute Gasteiger partial charge is 0.494 e. The third-order valence-corrected chi connectivity index (χ3v) is 4.31. The first-order valence-corrected chi connectivity index (χ1v) is 7.69. The zero-order valence-corrected chi connectivity index (χ0v) is 12.3. The van der Waals surface area contributed by atoms with Crippen molar-refractivity contribution in [2.24, 2.45) is 17.6 Å². The Kier molecular flexibility index (Phi) is 5.26. The first-order chi connectivity index (χ1) is 9.20. The smallest absolute Gasteiger partial charge is 0.119 e. The van der Waals surface area contributed by atoms with Crippen molar-refractivity contribution in [2.45, 2.75) is 52.0 Å². The average Bonchev–Trinajstić information content (AvgIpc) is 2.46. The maximum atomic E-state index is 6.42. The van der Waals surface area contributed by atoms with Gasteiger partial charge in [-0.1, -0.05) is 38.8 Å². The summed E-state index contributed by atoms with van der Waals surface area (Å²) >= 11 is 0. The maximum absolute atomic E-state index is 6.42. The third-order valence-electron chi connectivity index (χ3n) is 4.31. The summed E-state index contributed by atoms with van der Waals surface area (Å²) in [5.41, 5.74) is 7.68. The van der Waals surface area contributed by atoms with Crippen LogP contribution in [0.4, 0.5) is 0 Å². The lowest BCUT2D eigenvalue weighted by molar-refractivity contribution is 0.256. The van der Waals surface area contributed by atoms with Gasteiger partial charge in [-0.3, -0.25) is 0 Å². The van der Waals surface area contributed by atoms with E-state index in [4.69, 9.17) is 10.5 Å². The summed E-state index contributed by atoms with van der Waals surface area (Å²) in [7, 11) is 0. The van der Waals surface area contributed by atoms with Gasteiger partial charge in [-0.25, -0.2) is 0 Å². The zero-order chi connectivity index (χ0) is 13.7. The Balaban J connectivity index is 1.93. The lowest BCUT2D eigenvalue weighted by Gasteiger charge is -2.30. The quantitative estimate of drug-likeness (QED) is 0.857. The van der Waals surface area contributed by atoms with Gasteiger partial charge in [0, 0.05) is 6.04 Å². The third kappa shape index (κ3) is 3.97. The minimum atomic E-state index is 0.188. The zero-order valence-electron chi connectivity index (χ0n) is 12.3. The normalized spacial score (nSPS) is 25.0. The van der Waals surface area contributed by atoms with Crippen molar-refractivity contribution < 1.29 is 4.74 Å². The van der Waals surface area contributed by atoms with E-state index >= 15 is 0 Å². The van der Waals surface area contributed by atoms with Crippen molar-refractivity contribution in [3.63, 3.8) is 0 Å². The van der Waals surface area contributed by atoms with Gasteiger partial charge in [-0.2, -0.15) is 0 Å². The van der Waals surface area contributed by atoms with Gasteiger partial charge in [0.2, 0.25) is 0 Å². The van der Waals surface area contributed by atoms with Gasteiger partial charge in [0.15, 0.2) is 0 Å². The second-order valence-corrected chi connectivity index (χ2v) is 5.96. The molecule has 1 unspecified atom stereocenters. The van der Waals surface area contributed by atoms with Crippen LogP contribution in [0.1, 0.15) is 57.6 Å². The highest BCUT2D eigenvalue weighted by Crippen LogP contribution is 2.35. The topological polar surface area (TPSA) is 35.2 Å². The van der Waals surface area contributed by atoms with Gasteiger partial charge in [0.25, 0.3) is 0 Å². The molecule has 0 bridgehead atoms. The second kappa shape index (κ2) is 6.95. The van der Waals surface area contributed by atoms with Crippen molar-refractivity contribution in [3.8, 4) is 5.75 Å². The molecule has 0 radical (unpaired) electrons. The molecule has 0 aromatic heterocycles. The molecule has 106 valence electrons. The molecule has 2 N–H and O–H groups in total. The molecule has 0 saturated heterocycles. The van der Waals surface area contributed by atoms with Gasteiger partial charge >= 0.3 is 0 Å². The van der Waals surface area contributed by atoms with E-state index in [9.17, 15) is 0 Å². The molecule has 1 aliphatic carbocycles. The molecule has 2 rings (SSSR count). The summed E-state index contributed by atoms with van der Waals surface area (Å²) in [5, 5.41) is 0. The number of nitrogens with two attached hydrogens (primary N) is 1. The molecule has 0 spiro atoms. The second-order valence-electron chi connectivity index (χ2n) is 5.96. The molecule has 0 aliphatic heterocycles. The minimum Gasteiger partial charge on any atom is -0.494 e. The highest BCUT2D eigenvalue weighted by Gasteiger charge is 2.24. The molecule has 1 saturated carbocycles. The van der Waals surface area contributed by atoms with E-state index < -0.39 is 0 Å². The lowest BCUT2D eigenvalue weighted by Crippen LogP contribution is -2.25. The van der Waals surface area contributed by atoms with Crippen LogP contribution < -0.4 is 10.5 Å². The van der Waals surface area contributed by atoms with Crippen LogP contribution in [0, 0.1) is 11.8 Å². The molecule has 2 heteroatoms. The molecule has 1 aromatic carbocycles. The molecule has 0 amide bonds. The lowest BCUT2D eigenvalue weighted by atomic mass is 9.78. The molecule has 0 heterocycles. The van der Waals surface area contributed by atoms with E-state index in [1.54, 1.807) is 0 Å². The van der Waals surface area contributed by atoms with Gasteiger partial charge in [-0.05, 0) is 48.8 Å². The Hall–Kier alpha value is -1.02. The van der Waals surface area contributed by atoms with Crippen LogP contribution in [0.2, 0.25) is 0 Å². The monoisotopic (exact) mass is 261 g/mol. The predicted molar refractivity (Wildman–Crippen MR) is 80.3 cm³/mol. The van der Waals surface area contributed by atoms with E-state index in [0.29, 0.717) is 5.92 Å². The average molecular weight is 261 g/mol. The Morgan fingerprint density at radius 2 is 1.79 bits per heavy atom. The molecule has 1 aliphatic rings. The first kappa shape index (κ1) is 14.4. The highest BCUT2D eigenvalue weighted by atomic mass is 16.5. The van der Waals surface area contributed by atoms with E-state index in [0.717, 1.165) is 24.7 Å². The summed E-state index contributed by atoms with van der Waals surface area (Å²) in [6.07, 6.45) is 6.25. The Bertz CT molecular complexity index is 365. The summed E-state index contributed by atoms with van der Waals surface area (Å²) < 4.78 is 5.61. The van der Waals surface area contributed by atoms with Crippen LogP contribution in [0.25, 0.3) is 0 Å². The summed E-state index contributed by atoms with van der Waals surface area (Å²) in [6, 6.07) is 8.56. The highest BCUT2D eigenvalue weighted by molar-refractivity contribution is 5.29. The number of benzene rings is 1. The number of hydrogen-bond donors (Lipinski definition) is 1. The van der Waals surface area contributed by atoms with E-state index in [1.165, 1.54) is 31.2 Å². The van der Waals surface area contributed by atoms with E-state index in [1.807, 2.05) is 0 Å². The SMILES string of the molecule is CCCOc1ccc(C(N)C2CCC(C)CC2)cc1. The van der Waals surface area contributed by atoms with Crippen molar-refractivity contribution >= 4 is 0 Å². The van der Waals surface area contributed by atoms with Crippen LogP contribution in [-0.4, -0.2) is 6.61 Å². The van der Waals surface area contributed by atoms with Crippen LogP contribution in [0.3, 0.4) is 0 Å². The van der Waals surface area contributed by atoms with Gasteiger partial charge in [-0.15, -0.1) is 0 Å². The number of ether oxygens (including phenoxy) is 1. The fraction of sp³-hybridized carbons (Fsp3) is 0.647. The van der Waals surface area contributed by atoms with E-state index in [-0.39, 0.29) is 6.04 Å². The molecule has 19 heavy (non-hydrogen) atoms. The molecular weight excluding hydrogens is 234 g/mol. The minimum absolute atomic E-state index is 0.188. The Labute approximate surface area is 117 Å². The first-order valence-electron chi connectivity index (χ1n) is 7.69. The van der Waals surface area contributed by atoms with Crippen molar-refractivity contribution in [2.75, 3.05) is 6.61 Å². The summed E-state index contributed by atoms with van der Waals surface area (Å²) in [6.45, 7) is 5.25. The van der Waals surface area contributed by atoms with Gasteiger partial charge < -0.3 is 10.5 Å². The van der Waals surface area contributed by atoms with Crippen LogP contribution in [-0.2, 0) is 0 Å². The van der Waals surface area contributed by atoms with Crippen molar-refractivity contribution in [3.05, 3.63) is 29.8 Å². The predicted octanol–water partition coefficient (Wildman–Crippen LogP) is 4.30. The fourth-order valence-corrected chi connectivity index (χ4v) is 2.92. The molecule has 1 fully saturated rings. The summed E-state index contributed by atoms with van der Waals surface area (Å²) in [4.78, 5) is 0. The summed E-state index contributed by atoms with van der Waals surface area (Å²) in [5.74, 6) is 2.49. The standard InChI is InChI=1S/C17H27NO/c1-3-12-19-16-10-8-15(9-11-16)17(18)14-6-4-13(2)5-7-14/h8-11,13-14,17H,3-7,12,18H2,1-2H3. The molecule has 2 nitrogen and oxygen atoms in total. The fourth-order valence-electron chi connectivity index (χ4n) is 2.92. The van der Waals surface area contributed by atoms with Crippen molar-refractivity contribution in [1.82, 2.24) is 0 Å². The molecule has 1 atom stereocenters. The van der Waals surface area contributed by atoms with E-state index in [2.05, 4.69) is 38.1 Å². The van der Waals surface area contributed by atoms with Gasteiger partial charge in [0.1, 0.15) is 5.75 Å². The maximum Gasteiger partial charge on any atom is 0.119 e. The number of rotatable bonds is 5. The molecular formula is C17H27NO. The Morgan fingerprint density at radius 1 is 1.16 bits per heavy atom.